The van der Waals surface area contributed by atoms with E-state index in [1.807, 2.05) is 0 Å². The van der Waals surface area contributed by atoms with Crippen LogP contribution >= 0.6 is 0 Å². The van der Waals surface area contributed by atoms with Crippen LogP contribution in [0.4, 0.5) is 17.6 Å². The first kappa shape index (κ1) is 22.6. The molecule has 0 spiro atoms. The first-order valence-electron chi connectivity index (χ1n) is 10.6. The molecule has 166 valence electrons. The molecular weight excluding hydrogens is 400 g/mol. The number of alkyl halides is 3. The summed E-state index contributed by atoms with van der Waals surface area (Å²) >= 11 is 0. The number of rotatable bonds is 6. The number of halogens is 4. The Kier molecular flexibility index (Phi) is 7.36. The molecule has 2 fully saturated rings. The SMILES string of the molecule is O=C(CC1CCCC1)NC1CCC(C(=O)NC(c2ccc(F)cc2)C(F)(F)F)CC1. The Balaban J connectivity index is 1.49. The Labute approximate surface area is 173 Å². The predicted octanol–water partition coefficient (Wildman–Crippen LogP) is 4.80. The van der Waals surface area contributed by atoms with E-state index in [-0.39, 0.29) is 17.5 Å². The van der Waals surface area contributed by atoms with Crippen molar-refractivity contribution in [2.45, 2.75) is 76.0 Å². The minimum Gasteiger partial charge on any atom is -0.353 e. The molecule has 1 aromatic rings. The Morgan fingerprint density at radius 2 is 1.57 bits per heavy atom. The summed E-state index contributed by atoms with van der Waals surface area (Å²) in [6, 6.07) is 1.75. The second kappa shape index (κ2) is 9.79. The highest BCUT2D eigenvalue weighted by Gasteiger charge is 2.43. The van der Waals surface area contributed by atoms with Crippen molar-refractivity contribution < 1.29 is 27.2 Å². The summed E-state index contributed by atoms with van der Waals surface area (Å²) in [5, 5.41) is 5.11. The quantitative estimate of drug-likeness (QED) is 0.640. The molecule has 2 aliphatic carbocycles. The lowest BCUT2D eigenvalue weighted by atomic mass is 9.85. The number of nitrogens with one attached hydrogen (secondary N) is 2. The Hall–Kier alpha value is -2.12. The van der Waals surface area contributed by atoms with Crippen LogP contribution in [-0.4, -0.2) is 24.0 Å². The molecule has 1 atom stereocenters. The number of hydrogen-bond donors (Lipinski definition) is 2. The van der Waals surface area contributed by atoms with Gasteiger partial charge in [-0.1, -0.05) is 25.0 Å². The van der Waals surface area contributed by atoms with Crippen LogP contribution in [0.2, 0.25) is 0 Å². The number of carbonyl (C=O) groups excluding carboxylic acids is 2. The zero-order chi connectivity index (χ0) is 21.7. The monoisotopic (exact) mass is 428 g/mol. The molecule has 8 heteroatoms. The van der Waals surface area contributed by atoms with Crippen molar-refractivity contribution in [3.8, 4) is 0 Å². The van der Waals surface area contributed by atoms with Crippen molar-refractivity contribution >= 4 is 11.8 Å². The first-order valence-corrected chi connectivity index (χ1v) is 10.6. The average molecular weight is 428 g/mol. The van der Waals surface area contributed by atoms with Gasteiger partial charge in [0.1, 0.15) is 5.82 Å². The van der Waals surface area contributed by atoms with Crippen LogP contribution in [0.3, 0.4) is 0 Å². The van der Waals surface area contributed by atoms with E-state index in [9.17, 15) is 27.2 Å². The van der Waals surface area contributed by atoms with Gasteiger partial charge < -0.3 is 10.6 Å². The van der Waals surface area contributed by atoms with E-state index in [1.54, 1.807) is 0 Å². The van der Waals surface area contributed by atoms with E-state index in [2.05, 4.69) is 10.6 Å². The maximum absolute atomic E-state index is 13.5. The fraction of sp³-hybridized carbons (Fsp3) is 0.636. The van der Waals surface area contributed by atoms with Crippen LogP contribution in [0, 0.1) is 17.7 Å². The van der Waals surface area contributed by atoms with Crippen LogP contribution in [0.15, 0.2) is 24.3 Å². The molecule has 2 N–H and O–H groups in total. The fourth-order valence-corrected chi connectivity index (χ4v) is 4.53. The lowest BCUT2D eigenvalue weighted by molar-refractivity contribution is -0.165. The van der Waals surface area contributed by atoms with Crippen LogP contribution < -0.4 is 10.6 Å². The number of amides is 2. The molecular formula is C22H28F4N2O2. The van der Waals surface area contributed by atoms with Gasteiger partial charge in [0, 0.05) is 18.4 Å². The van der Waals surface area contributed by atoms with Gasteiger partial charge in [0.25, 0.3) is 0 Å². The van der Waals surface area contributed by atoms with E-state index in [1.165, 1.54) is 12.8 Å². The van der Waals surface area contributed by atoms with Crippen molar-refractivity contribution in [1.82, 2.24) is 10.6 Å². The van der Waals surface area contributed by atoms with E-state index in [0.29, 0.717) is 38.0 Å². The van der Waals surface area contributed by atoms with Crippen molar-refractivity contribution in [3.05, 3.63) is 35.6 Å². The third kappa shape index (κ3) is 6.19. The van der Waals surface area contributed by atoms with Crippen molar-refractivity contribution in [1.29, 1.82) is 0 Å². The van der Waals surface area contributed by atoms with Crippen molar-refractivity contribution in [2.75, 3.05) is 0 Å². The fourth-order valence-electron chi connectivity index (χ4n) is 4.53. The minimum atomic E-state index is -4.68. The maximum Gasteiger partial charge on any atom is 0.412 e. The van der Waals surface area contributed by atoms with Crippen LogP contribution in [0.1, 0.15) is 69.4 Å². The predicted molar refractivity (Wildman–Crippen MR) is 104 cm³/mol. The number of hydrogen-bond acceptors (Lipinski definition) is 2. The second-order valence-electron chi connectivity index (χ2n) is 8.51. The van der Waals surface area contributed by atoms with E-state index in [4.69, 9.17) is 0 Å². The second-order valence-corrected chi connectivity index (χ2v) is 8.51. The van der Waals surface area contributed by atoms with Gasteiger partial charge in [-0.3, -0.25) is 9.59 Å². The zero-order valence-corrected chi connectivity index (χ0v) is 16.8. The normalized spacial score (nSPS) is 23.7. The lowest BCUT2D eigenvalue weighted by Crippen LogP contribution is -2.44. The van der Waals surface area contributed by atoms with Gasteiger partial charge in [0.05, 0.1) is 0 Å². The van der Waals surface area contributed by atoms with Gasteiger partial charge in [-0.15, -0.1) is 0 Å². The molecule has 30 heavy (non-hydrogen) atoms. The standard InChI is InChI=1S/C22H28F4N2O2/c23-17-9-5-15(6-10-17)20(22(24,25)26)28-21(30)16-7-11-18(12-8-16)27-19(29)13-14-3-1-2-4-14/h5-6,9-10,14,16,18,20H,1-4,7-8,11-13H2,(H,27,29)(H,28,30). The Morgan fingerprint density at radius 1 is 0.967 bits per heavy atom. The summed E-state index contributed by atoms with van der Waals surface area (Å²) in [7, 11) is 0. The summed E-state index contributed by atoms with van der Waals surface area (Å²) in [4.78, 5) is 24.7. The number of carbonyl (C=O) groups is 2. The van der Waals surface area contributed by atoms with Gasteiger partial charge in [-0.05, 0) is 62.1 Å². The van der Waals surface area contributed by atoms with Crippen molar-refractivity contribution in [2.24, 2.45) is 11.8 Å². The smallest absolute Gasteiger partial charge is 0.353 e. The highest BCUT2D eigenvalue weighted by atomic mass is 19.4. The van der Waals surface area contributed by atoms with Gasteiger partial charge in [-0.2, -0.15) is 13.2 Å². The van der Waals surface area contributed by atoms with Crippen molar-refractivity contribution in [3.63, 3.8) is 0 Å². The van der Waals surface area contributed by atoms with Crippen LogP contribution in [-0.2, 0) is 9.59 Å². The highest BCUT2D eigenvalue weighted by Crippen LogP contribution is 2.34. The Morgan fingerprint density at radius 3 is 2.13 bits per heavy atom. The molecule has 2 aliphatic rings. The van der Waals surface area contributed by atoms with Gasteiger partial charge in [0.15, 0.2) is 6.04 Å². The molecule has 2 saturated carbocycles. The molecule has 0 radical (unpaired) electrons. The topological polar surface area (TPSA) is 58.2 Å². The molecule has 1 aromatic carbocycles. The highest BCUT2D eigenvalue weighted by molar-refractivity contribution is 5.79. The molecule has 3 rings (SSSR count). The third-order valence-corrected chi connectivity index (χ3v) is 6.23. The van der Waals surface area contributed by atoms with Gasteiger partial charge in [0.2, 0.25) is 11.8 Å². The van der Waals surface area contributed by atoms with Gasteiger partial charge in [-0.25, -0.2) is 4.39 Å². The third-order valence-electron chi connectivity index (χ3n) is 6.23. The lowest BCUT2D eigenvalue weighted by Gasteiger charge is -2.30. The maximum atomic E-state index is 13.5. The van der Waals surface area contributed by atoms with Crippen LogP contribution in [0.25, 0.3) is 0 Å². The first-order chi connectivity index (χ1) is 14.2. The molecule has 4 nitrogen and oxygen atoms in total. The molecule has 0 aliphatic heterocycles. The van der Waals surface area contributed by atoms with E-state index in [0.717, 1.165) is 37.1 Å². The zero-order valence-electron chi connectivity index (χ0n) is 16.8. The Bertz CT molecular complexity index is 722. The summed E-state index contributed by atoms with van der Waals surface area (Å²) in [6.07, 6.45) is 2.38. The minimum absolute atomic E-state index is 0.0292. The molecule has 0 aromatic heterocycles. The summed E-state index contributed by atoms with van der Waals surface area (Å²) in [5.41, 5.74) is -0.204. The molecule has 1 unspecified atom stereocenters. The summed E-state index contributed by atoms with van der Waals surface area (Å²) in [6.45, 7) is 0. The molecule has 0 bridgehead atoms. The molecule has 0 heterocycles. The molecule has 2 amide bonds. The number of benzene rings is 1. The average Bonchev–Trinajstić information content (AvgIpc) is 3.19. The molecule has 0 saturated heterocycles. The van der Waals surface area contributed by atoms with Crippen LogP contribution in [0.5, 0.6) is 0 Å². The summed E-state index contributed by atoms with van der Waals surface area (Å²) in [5.74, 6) is -1.34. The van der Waals surface area contributed by atoms with E-state index >= 15 is 0 Å². The largest absolute Gasteiger partial charge is 0.412 e. The van der Waals surface area contributed by atoms with E-state index < -0.39 is 29.9 Å². The van der Waals surface area contributed by atoms with Gasteiger partial charge >= 0.3 is 6.18 Å². The summed E-state index contributed by atoms with van der Waals surface area (Å²) < 4.78 is 53.4.